The summed E-state index contributed by atoms with van der Waals surface area (Å²) in [6.07, 6.45) is 4.91. The largest absolute Gasteiger partial charge is 0.381 e. The van der Waals surface area contributed by atoms with Crippen molar-refractivity contribution in [2.24, 2.45) is 11.8 Å². The molecule has 0 radical (unpaired) electrons. The first-order valence-electron chi connectivity index (χ1n) is 10.6. The summed E-state index contributed by atoms with van der Waals surface area (Å²) >= 11 is 12.7. The fourth-order valence-electron chi connectivity index (χ4n) is 3.90. The molecule has 11 heteroatoms. The van der Waals surface area contributed by atoms with Gasteiger partial charge in [-0.3, -0.25) is 4.79 Å². The van der Waals surface area contributed by atoms with Gasteiger partial charge in [-0.2, -0.15) is 0 Å². The summed E-state index contributed by atoms with van der Waals surface area (Å²) in [6.45, 7) is 3.52. The van der Waals surface area contributed by atoms with Crippen LogP contribution in [0.3, 0.4) is 0 Å². The Bertz CT molecular complexity index is 957. The van der Waals surface area contributed by atoms with Gasteiger partial charge >= 0.3 is 0 Å². The van der Waals surface area contributed by atoms with Gasteiger partial charge in [0.1, 0.15) is 17.3 Å². The molecule has 172 valence electrons. The summed E-state index contributed by atoms with van der Waals surface area (Å²) in [5, 5.41) is 9.90. The van der Waals surface area contributed by atoms with E-state index in [1.807, 2.05) is 0 Å². The van der Waals surface area contributed by atoms with Crippen LogP contribution in [0.1, 0.15) is 12.8 Å². The van der Waals surface area contributed by atoms with Gasteiger partial charge in [0.05, 0.1) is 23.2 Å². The Labute approximate surface area is 196 Å². The molecule has 2 aliphatic rings. The Morgan fingerprint density at radius 1 is 1.22 bits per heavy atom. The topological polar surface area (TPSA) is 110 Å². The van der Waals surface area contributed by atoms with Gasteiger partial charge in [-0.15, -0.1) is 0 Å². The van der Waals surface area contributed by atoms with Crippen LogP contribution in [0.4, 0.5) is 11.6 Å². The number of aromatic nitrogens is 3. The molecule has 3 N–H and O–H groups in total. The molecule has 2 aliphatic heterocycles. The predicted molar refractivity (Wildman–Crippen MR) is 123 cm³/mol. The molecular formula is C21H26Cl2N6O3. The molecule has 2 aromatic rings. The number of ether oxygens (including phenoxy) is 2. The van der Waals surface area contributed by atoms with Gasteiger partial charge in [0.25, 0.3) is 0 Å². The van der Waals surface area contributed by atoms with Crippen LogP contribution in [-0.4, -0.2) is 66.9 Å². The molecule has 0 bridgehead atoms. The highest BCUT2D eigenvalue weighted by atomic mass is 35.5. The van der Waals surface area contributed by atoms with Gasteiger partial charge in [-0.25, -0.2) is 15.0 Å². The zero-order valence-corrected chi connectivity index (χ0v) is 19.2. The van der Waals surface area contributed by atoms with Crippen molar-refractivity contribution >= 4 is 40.7 Å². The number of anilines is 2. The molecule has 2 aromatic heterocycles. The third-order valence-electron chi connectivity index (χ3n) is 5.80. The van der Waals surface area contributed by atoms with Crippen molar-refractivity contribution in [2.45, 2.75) is 18.9 Å². The van der Waals surface area contributed by atoms with Crippen LogP contribution < -0.4 is 16.0 Å². The number of carbonyl (C=O) groups excluding carboxylic acids is 1. The average molecular weight is 481 g/mol. The second kappa shape index (κ2) is 10.7. The van der Waals surface area contributed by atoms with E-state index in [9.17, 15) is 4.79 Å². The van der Waals surface area contributed by atoms with Crippen molar-refractivity contribution in [3.63, 3.8) is 0 Å². The van der Waals surface area contributed by atoms with Crippen molar-refractivity contribution in [1.82, 2.24) is 20.3 Å². The van der Waals surface area contributed by atoms with Crippen LogP contribution in [0, 0.1) is 11.8 Å². The Balaban J connectivity index is 1.50. The van der Waals surface area contributed by atoms with Crippen LogP contribution in [0.15, 0.2) is 18.5 Å². The van der Waals surface area contributed by atoms with E-state index in [1.165, 1.54) is 6.20 Å². The Morgan fingerprint density at radius 3 is 2.81 bits per heavy atom. The lowest BCUT2D eigenvalue weighted by molar-refractivity contribution is -0.122. The van der Waals surface area contributed by atoms with Crippen molar-refractivity contribution in [3.05, 3.63) is 28.6 Å². The first-order chi connectivity index (χ1) is 15.5. The van der Waals surface area contributed by atoms with E-state index in [0.29, 0.717) is 46.9 Å². The van der Waals surface area contributed by atoms with Crippen LogP contribution in [0.25, 0.3) is 11.3 Å². The van der Waals surface area contributed by atoms with E-state index in [2.05, 4.69) is 30.9 Å². The summed E-state index contributed by atoms with van der Waals surface area (Å²) < 4.78 is 10.8. The number of hydrogen-bond donors (Lipinski definition) is 3. The molecule has 32 heavy (non-hydrogen) atoms. The average Bonchev–Trinajstić information content (AvgIpc) is 3.30. The van der Waals surface area contributed by atoms with Crippen molar-refractivity contribution < 1.29 is 14.3 Å². The lowest BCUT2D eigenvalue weighted by Crippen LogP contribution is -2.33. The highest BCUT2D eigenvalue weighted by molar-refractivity contribution is 6.35. The van der Waals surface area contributed by atoms with E-state index in [1.54, 1.807) is 19.4 Å². The lowest BCUT2D eigenvalue weighted by atomic mass is 10.0. The molecule has 0 aliphatic carbocycles. The molecule has 1 amide bonds. The van der Waals surface area contributed by atoms with Crippen LogP contribution in [0.5, 0.6) is 0 Å². The van der Waals surface area contributed by atoms with Crippen molar-refractivity contribution in [3.8, 4) is 11.3 Å². The van der Waals surface area contributed by atoms with Gasteiger partial charge in [0.15, 0.2) is 5.15 Å². The molecule has 4 rings (SSSR count). The second-order valence-corrected chi connectivity index (χ2v) is 8.67. The first-order valence-corrected chi connectivity index (χ1v) is 11.3. The predicted octanol–water partition coefficient (Wildman–Crippen LogP) is 2.86. The van der Waals surface area contributed by atoms with Crippen molar-refractivity contribution in [1.29, 1.82) is 0 Å². The smallest absolute Gasteiger partial charge is 0.232 e. The summed E-state index contributed by atoms with van der Waals surface area (Å²) in [5.74, 6) is 1.01. The lowest BCUT2D eigenvalue weighted by Gasteiger charge is -2.22. The molecule has 2 atom stereocenters. The van der Waals surface area contributed by atoms with Crippen LogP contribution in [0.2, 0.25) is 10.2 Å². The summed E-state index contributed by atoms with van der Waals surface area (Å²) in [6, 6.07) is 1.66. The Kier molecular flexibility index (Phi) is 7.75. The molecule has 0 saturated carbocycles. The van der Waals surface area contributed by atoms with Crippen LogP contribution in [-0.2, 0) is 14.3 Å². The quantitative estimate of drug-likeness (QED) is 0.554. The third-order valence-corrected chi connectivity index (χ3v) is 6.38. The van der Waals surface area contributed by atoms with Gasteiger partial charge in [0.2, 0.25) is 5.91 Å². The first kappa shape index (κ1) is 23.1. The van der Waals surface area contributed by atoms with E-state index in [-0.39, 0.29) is 23.1 Å². The summed E-state index contributed by atoms with van der Waals surface area (Å²) in [4.78, 5) is 25.8. The van der Waals surface area contributed by atoms with Gasteiger partial charge in [-0.05, 0) is 24.8 Å². The normalized spacial score (nSPS) is 21.5. The number of rotatable bonds is 7. The minimum Gasteiger partial charge on any atom is -0.381 e. The SMILES string of the molecule is COC1CNCC1C(=O)Nc1cc(-c2nc(NCC3CCOCC3)cnc2Cl)c(Cl)cn1. The summed E-state index contributed by atoms with van der Waals surface area (Å²) in [5.41, 5.74) is 0.959. The highest BCUT2D eigenvalue weighted by Crippen LogP contribution is 2.33. The van der Waals surface area contributed by atoms with Crippen molar-refractivity contribution in [2.75, 3.05) is 50.6 Å². The van der Waals surface area contributed by atoms with E-state index in [0.717, 1.165) is 32.6 Å². The number of hydrogen-bond acceptors (Lipinski definition) is 8. The fourth-order valence-corrected chi connectivity index (χ4v) is 4.29. The maximum atomic E-state index is 12.7. The number of halogens is 2. The van der Waals surface area contributed by atoms with E-state index >= 15 is 0 Å². The standard InChI is InChI=1S/C21H26Cl2N6O3/c1-31-16-10-24-8-14(16)21(30)29-17-6-13(15(22)9-26-17)19-20(23)27-11-18(28-19)25-7-12-2-4-32-5-3-12/h6,9,11-12,14,16,24H,2-5,7-8,10H2,1H3,(H,25,28)(H,26,29,30). The molecular weight excluding hydrogens is 455 g/mol. The number of amides is 1. The molecule has 2 saturated heterocycles. The summed E-state index contributed by atoms with van der Waals surface area (Å²) in [7, 11) is 1.60. The van der Waals surface area contributed by atoms with Crippen LogP contribution >= 0.6 is 23.2 Å². The number of nitrogens with zero attached hydrogens (tertiary/aromatic N) is 3. The van der Waals surface area contributed by atoms with Gasteiger partial charge in [-0.1, -0.05) is 23.2 Å². The maximum absolute atomic E-state index is 12.7. The van der Waals surface area contributed by atoms with E-state index in [4.69, 9.17) is 32.7 Å². The third kappa shape index (κ3) is 5.47. The molecule has 0 spiro atoms. The molecule has 9 nitrogen and oxygen atoms in total. The minimum absolute atomic E-state index is 0.174. The number of carbonyl (C=O) groups is 1. The minimum atomic E-state index is -0.304. The van der Waals surface area contributed by atoms with E-state index < -0.39 is 0 Å². The monoisotopic (exact) mass is 480 g/mol. The molecule has 2 unspecified atom stereocenters. The fraction of sp³-hybridized carbons (Fsp3) is 0.524. The number of nitrogens with one attached hydrogen (secondary N) is 3. The molecule has 4 heterocycles. The second-order valence-electron chi connectivity index (χ2n) is 7.91. The Morgan fingerprint density at radius 2 is 2.03 bits per heavy atom. The number of methoxy groups -OCH3 is 1. The zero-order valence-electron chi connectivity index (χ0n) is 17.7. The Hall–Kier alpha value is -2.04. The van der Waals surface area contributed by atoms with Gasteiger partial charge in [0, 0.05) is 51.7 Å². The highest BCUT2D eigenvalue weighted by Gasteiger charge is 2.33. The molecule has 0 aromatic carbocycles. The number of pyridine rings is 1. The van der Waals surface area contributed by atoms with Gasteiger partial charge < -0.3 is 25.4 Å². The zero-order chi connectivity index (χ0) is 22.5. The molecule has 2 fully saturated rings. The maximum Gasteiger partial charge on any atom is 0.232 e.